The number of carbonyl (C=O) groups excluding carboxylic acids is 3. The fraction of sp³-hybridized carbons (Fsp3) is 0.571. The standard InChI is InChI=1S/C21H28N4O4/c26-16-8-6-14(7-9-16)12-17-20(28)25-11-10-24(13-18(25)19(27)23-17)21(29)22-15-4-2-1-3-5-15/h6-9,15,17-18,26H,1-5,10-13H2,(H,22,29)(H,23,27)/t17-,18-/m1/s1. The number of nitrogens with one attached hydrogen (secondary N) is 2. The van der Waals surface area contributed by atoms with Crippen LogP contribution in [0.4, 0.5) is 4.79 Å². The van der Waals surface area contributed by atoms with E-state index in [-0.39, 0.29) is 36.2 Å². The molecule has 2 heterocycles. The average Bonchev–Trinajstić information content (AvgIpc) is 2.74. The van der Waals surface area contributed by atoms with E-state index in [9.17, 15) is 19.5 Å². The molecule has 4 amide bonds. The normalized spacial score (nSPS) is 25.4. The molecular weight excluding hydrogens is 372 g/mol. The van der Waals surface area contributed by atoms with Gasteiger partial charge in [-0.1, -0.05) is 31.4 Å². The molecule has 2 atom stereocenters. The van der Waals surface area contributed by atoms with Crippen molar-refractivity contribution in [3.8, 4) is 5.75 Å². The highest BCUT2D eigenvalue weighted by molar-refractivity contribution is 5.97. The number of hydrogen-bond acceptors (Lipinski definition) is 4. The second-order valence-corrected chi connectivity index (χ2v) is 8.21. The van der Waals surface area contributed by atoms with Crippen LogP contribution < -0.4 is 10.6 Å². The molecule has 3 aliphatic rings. The Hall–Kier alpha value is -2.77. The first-order chi connectivity index (χ1) is 14.0. The number of phenolic OH excluding ortho intramolecular Hbond substituents is 1. The summed E-state index contributed by atoms with van der Waals surface area (Å²) in [5.74, 6) is -0.172. The topological polar surface area (TPSA) is 102 Å². The van der Waals surface area contributed by atoms with Crippen molar-refractivity contribution in [1.29, 1.82) is 0 Å². The number of benzene rings is 1. The van der Waals surface area contributed by atoms with Gasteiger partial charge in [0.15, 0.2) is 0 Å². The Morgan fingerprint density at radius 3 is 2.55 bits per heavy atom. The minimum Gasteiger partial charge on any atom is -0.508 e. The molecule has 0 unspecified atom stereocenters. The maximum absolute atomic E-state index is 12.9. The molecule has 1 saturated carbocycles. The molecule has 1 aliphatic carbocycles. The van der Waals surface area contributed by atoms with Crippen LogP contribution in [0.2, 0.25) is 0 Å². The summed E-state index contributed by atoms with van der Waals surface area (Å²) < 4.78 is 0. The molecule has 3 N–H and O–H groups in total. The summed E-state index contributed by atoms with van der Waals surface area (Å²) in [5, 5.41) is 15.3. The molecule has 4 rings (SSSR count). The molecule has 0 spiro atoms. The molecule has 1 aromatic rings. The van der Waals surface area contributed by atoms with E-state index in [2.05, 4.69) is 10.6 Å². The van der Waals surface area contributed by atoms with E-state index in [0.29, 0.717) is 19.5 Å². The van der Waals surface area contributed by atoms with Crippen LogP contribution in [0.1, 0.15) is 37.7 Å². The van der Waals surface area contributed by atoms with Crippen molar-refractivity contribution in [2.75, 3.05) is 19.6 Å². The highest BCUT2D eigenvalue weighted by Gasteiger charge is 2.44. The number of hydrogen-bond donors (Lipinski definition) is 3. The lowest BCUT2D eigenvalue weighted by atomic mass is 9.95. The molecule has 2 aliphatic heterocycles. The summed E-state index contributed by atoms with van der Waals surface area (Å²) in [6.07, 6.45) is 5.89. The molecule has 2 saturated heterocycles. The lowest BCUT2D eigenvalue weighted by molar-refractivity contribution is -0.152. The van der Waals surface area contributed by atoms with Gasteiger partial charge in [0.2, 0.25) is 11.8 Å². The Morgan fingerprint density at radius 2 is 1.83 bits per heavy atom. The highest BCUT2D eigenvalue weighted by atomic mass is 16.3. The van der Waals surface area contributed by atoms with Crippen LogP contribution in [-0.2, 0) is 16.0 Å². The lowest BCUT2D eigenvalue weighted by Gasteiger charge is -2.45. The summed E-state index contributed by atoms with van der Waals surface area (Å²) in [4.78, 5) is 41.5. The molecule has 29 heavy (non-hydrogen) atoms. The number of urea groups is 1. The minimum absolute atomic E-state index is 0.116. The first-order valence-corrected chi connectivity index (χ1v) is 10.5. The third-order valence-electron chi connectivity index (χ3n) is 6.18. The summed E-state index contributed by atoms with van der Waals surface area (Å²) >= 11 is 0. The second kappa shape index (κ2) is 8.31. The highest BCUT2D eigenvalue weighted by Crippen LogP contribution is 2.21. The zero-order valence-electron chi connectivity index (χ0n) is 16.5. The van der Waals surface area contributed by atoms with Crippen LogP contribution in [0.25, 0.3) is 0 Å². The van der Waals surface area contributed by atoms with Crippen LogP contribution in [0.15, 0.2) is 24.3 Å². The molecule has 0 bridgehead atoms. The minimum atomic E-state index is -0.635. The van der Waals surface area contributed by atoms with Crippen LogP contribution in [0, 0.1) is 0 Å². The van der Waals surface area contributed by atoms with Crippen molar-refractivity contribution >= 4 is 17.8 Å². The van der Waals surface area contributed by atoms with Gasteiger partial charge in [0.1, 0.15) is 17.8 Å². The number of rotatable bonds is 3. The summed E-state index contributed by atoms with van der Waals surface area (Å²) in [5.41, 5.74) is 0.866. The van der Waals surface area contributed by atoms with Gasteiger partial charge in [-0.2, -0.15) is 0 Å². The Bertz CT molecular complexity index is 775. The third-order valence-corrected chi connectivity index (χ3v) is 6.18. The second-order valence-electron chi connectivity index (χ2n) is 8.21. The zero-order chi connectivity index (χ0) is 20.4. The van der Waals surface area contributed by atoms with Crippen LogP contribution >= 0.6 is 0 Å². The number of phenols is 1. The SMILES string of the molecule is O=C1N[C@H](Cc2ccc(O)cc2)C(=O)N2CCN(C(=O)NC3CCCCC3)C[C@H]12. The van der Waals surface area contributed by atoms with Gasteiger partial charge >= 0.3 is 6.03 Å². The molecule has 8 nitrogen and oxygen atoms in total. The van der Waals surface area contributed by atoms with Gasteiger partial charge in [-0.15, -0.1) is 0 Å². The van der Waals surface area contributed by atoms with Gasteiger partial charge in [-0.3, -0.25) is 9.59 Å². The van der Waals surface area contributed by atoms with E-state index in [1.165, 1.54) is 6.42 Å². The van der Waals surface area contributed by atoms with Crippen molar-refractivity contribution in [3.05, 3.63) is 29.8 Å². The van der Waals surface area contributed by atoms with E-state index in [1.54, 1.807) is 34.1 Å². The number of fused-ring (bicyclic) bond motifs is 1. The number of piperazine rings is 2. The van der Waals surface area contributed by atoms with Gasteiger partial charge in [0.25, 0.3) is 0 Å². The Morgan fingerprint density at radius 1 is 1.10 bits per heavy atom. The number of amides is 4. The van der Waals surface area contributed by atoms with Crippen molar-refractivity contribution < 1.29 is 19.5 Å². The Balaban J connectivity index is 1.36. The maximum atomic E-state index is 12.9. The average molecular weight is 400 g/mol. The lowest BCUT2D eigenvalue weighted by Crippen LogP contribution is -2.70. The Kier molecular flexibility index (Phi) is 5.60. The van der Waals surface area contributed by atoms with Gasteiger partial charge in [0.05, 0.1) is 6.54 Å². The molecular formula is C21H28N4O4. The van der Waals surface area contributed by atoms with E-state index >= 15 is 0 Å². The third kappa shape index (κ3) is 4.31. The van der Waals surface area contributed by atoms with E-state index in [4.69, 9.17) is 0 Å². The largest absolute Gasteiger partial charge is 0.508 e. The van der Waals surface area contributed by atoms with Crippen molar-refractivity contribution in [2.24, 2.45) is 0 Å². The smallest absolute Gasteiger partial charge is 0.317 e. The summed E-state index contributed by atoms with van der Waals surface area (Å²) in [6.45, 7) is 1.02. The molecule has 3 fully saturated rings. The Labute approximate surface area is 170 Å². The fourth-order valence-corrected chi connectivity index (χ4v) is 4.50. The van der Waals surface area contributed by atoms with E-state index < -0.39 is 12.1 Å². The van der Waals surface area contributed by atoms with Crippen molar-refractivity contribution in [2.45, 2.75) is 56.7 Å². The molecule has 8 heteroatoms. The quantitative estimate of drug-likeness (QED) is 0.704. The monoisotopic (exact) mass is 400 g/mol. The van der Waals surface area contributed by atoms with Gasteiger partial charge < -0.3 is 25.5 Å². The van der Waals surface area contributed by atoms with Crippen molar-refractivity contribution in [1.82, 2.24) is 20.4 Å². The first-order valence-electron chi connectivity index (χ1n) is 10.5. The number of nitrogens with zero attached hydrogens (tertiary/aromatic N) is 2. The first kappa shape index (κ1) is 19.5. The predicted molar refractivity (Wildman–Crippen MR) is 106 cm³/mol. The number of carbonyl (C=O) groups is 3. The number of aromatic hydroxyl groups is 1. The summed E-state index contributed by atoms with van der Waals surface area (Å²) in [6, 6.07) is 5.45. The molecule has 0 aromatic heterocycles. The van der Waals surface area contributed by atoms with Gasteiger partial charge in [0, 0.05) is 25.6 Å². The van der Waals surface area contributed by atoms with Crippen molar-refractivity contribution in [3.63, 3.8) is 0 Å². The van der Waals surface area contributed by atoms with Crippen LogP contribution in [0.3, 0.4) is 0 Å². The molecule has 0 radical (unpaired) electrons. The molecule has 156 valence electrons. The summed E-state index contributed by atoms with van der Waals surface area (Å²) in [7, 11) is 0. The predicted octanol–water partition coefficient (Wildman–Crippen LogP) is 0.988. The van der Waals surface area contributed by atoms with Crippen LogP contribution in [0.5, 0.6) is 5.75 Å². The fourth-order valence-electron chi connectivity index (χ4n) is 4.50. The van der Waals surface area contributed by atoms with Gasteiger partial charge in [-0.05, 0) is 30.5 Å². The maximum Gasteiger partial charge on any atom is 0.317 e. The molecule has 1 aromatic carbocycles. The zero-order valence-corrected chi connectivity index (χ0v) is 16.5. The van der Waals surface area contributed by atoms with E-state index in [0.717, 1.165) is 31.2 Å². The van der Waals surface area contributed by atoms with E-state index in [1.807, 2.05) is 0 Å². The van der Waals surface area contributed by atoms with Gasteiger partial charge in [-0.25, -0.2) is 4.79 Å². The van der Waals surface area contributed by atoms with Crippen LogP contribution in [-0.4, -0.2) is 70.5 Å².